The molecule has 94 valence electrons. The third kappa shape index (κ3) is 2.78. The SMILES string of the molecule is CCCC(C)(N)CN1CCCC2CCCC21. The van der Waals surface area contributed by atoms with Gasteiger partial charge in [0, 0.05) is 18.1 Å². The lowest BCUT2D eigenvalue weighted by Gasteiger charge is -2.42. The number of nitrogens with zero attached hydrogens (tertiary/aromatic N) is 1. The predicted octanol–water partition coefficient (Wildman–Crippen LogP) is 2.77. The molecule has 0 aromatic carbocycles. The Hall–Kier alpha value is -0.0800. The van der Waals surface area contributed by atoms with Gasteiger partial charge in [-0.1, -0.05) is 19.8 Å². The lowest BCUT2D eigenvalue weighted by atomic mass is 9.89. The van der Waals surface area contributed by atoms with Gasteiger partial charge in [0.1, 0.15) is 0 Å². The molecule has 3 atom stereocenters. The minimum absolute atomic E-state index is 0.0270. The summed E-state index contributed by atoms with van der Waals surface area (Å²) in [4.78, 5) is 2.71. The van der Waals surface area contributed by atoms with E-state index in [-0.39, 0.29) is 5.54 Å². The van der Waals surface area contributed by atoms with Crippen LogP contribution in [-0.4, -0.2) is 29.6 Å². The molecule has 1 heterocycles. The van der Waals surface area contributed by atoms with Gasteiger partial charge in [-0.25, -0.2) is 0 Å². The highest BCUT2D eigenvalue weighted by molar-refractivity contribution is 4.93. The lowest BCUT2D eigenvalue weighted by Crippen LogP contribution is -2.53. The lowest BCUT2D eigenvalue weighted by molar-refractivity contribution is 0.0873. The number of rotatable bonds is 4. The molecule has 1 saturated heterocycles. The van der Waals surface area contributed by atoms with Crippen molar-refractivity contribution in [2.45, 2.75) is 70.4 Å². The van der Waals surface area contributed by atoms with Crippen LogP contribution in [0.15, 0.2) is 0 Å². The molecule has 0 bridgehead atoms. The number of nitrogens with two attached hydrogens (primary N) is 1. The highest BCUT2D eigenvalue weighted by Gasteiger charge is 2.36. The molecule has 2 N–H and O–H groups in total. The molecule has 0 aromatic heterocycles. The first-order chi connectivity index (χ1) is 7.62. The summed E-state index contributed by atoms with van der Waals surface area (Å²) in [5, 5.41) is 0. The maximum atomic E-state index is 6.40. The first kappa shape index (κ1) is 12.4. The van der Waals surface area contributed by atoms with Crippen LogP contribution in [0, 0.1) is 5.92 Å². The number of hydrogen-bond donors (Lipinski definition) is 1. The van der Waals surface area contributed by atoms with E-state index in [2.05, 4.69) is 18.7 Å². The van der Waals surface area contributed by atoms with Crippen molar-refractivity contribution in [2.75, 3.05) is 13.1 Å². The number of piperidine rings is 1. The van der Waals surface area contributed by atoms with Crippen LogP contribution in [0.5, 0.6) is 0 Å². The van der Waals surface area contributed by atoms with Crippen molar-refractivity contribution < 1.29 is 0 Å². The zero-order valence-corrected chi connectivity index (χ0v) is 11.0. The largest absolute Gasteiger partial charge is 0.324 e. The van der Waals surface area contributed by atoms with Crippen LogP contribution in [-0.2, 0) is 0 Å². The van der Waals surface area contributed by atoms with Gasteiger partial charge < -0.3 is 5.73 Å². The van der Waals surface area contributed by atoms with Crippen molar-refractivity contribution in [3.8, 4) is 0 Å². The second-order valence-electron chi connectivity index (χ2n) is 6.28. The molecule has 3 unspecified atom stereocenters. The van der Waals surface area contributed by atoms with E-state index >= 15 is 0 Å². The molecule has 2 rings (SSSR count). The molecule has 1 aliphatic carbocycles. The molecule has 0 spiro atoms. The summed E-state index contributed by atoms with van der Waals surface area (Å²) in [6.07, 6.45) is 9.55. The number of likely N-dealkylation sites (tertiary alicyclic amines) is 1. The summed E-state index contributed by atoms with van der Waals surface area (Å²) in [6, 6.07) is 0.869. The van der Waals surface area contributed by atoms with Gasteiger partial charge in [-0.15, -0.1) is 0 Å². The van der Waals surface area contributed by atoms with Gasteiger partial charge in [0.05, 0.1) is 0 Å². The molecule has 1 saturated carbocycles. The summed E-state index contributed by atoms with van der Waals surface area (Å²) < 4.78 is 0. The zero-order valence-electron chi connectivity index (χ0n) is 11.0. The van der Waals surface area contributed by atoms with Crippen LogP contribution >= 0.6 is 0 Å². The molecular formula is C14H28N2. The molecule has 0 radical (unpaired) electrons. The van der Waals surface area contributed by atoms with Gasteiger partial charge >= 0.3 is 0 Å². The highest BCUT2D eigenvalue weighted by atomic mass is 15.2. The van der Waals surface area contributed by atoms with Crippen LogP contribution in [0.4, 0.5) is 0 Å². The fourth-order valence-electron chi connectivity index (χ4n) is 3.87. The Labute approximate surface area is 101 Å². The van der Waals surface area contributed by atoms with E-state index in [1.54, 1.807) is 0 Å². The standard InChI is InChI=1S/C14H28N2/c1-3-9-14(2,15)11-16-10-5-7-12-6-4-8-13(12)16/h12-13H,3-11,15H2,1-2H3. The highest BCUT2D eigenvalue weighted by Crippen LogP contribution is 2.37. The van der Waals surface area contributed by atoms with E-state index in [0.717, 1.165) is 24.9 Å². The Balaban J connectivity index is 1.92. The average Bonchev–Trinajstić information content (AvgIpc) is 2.65. The molecule has 2 aliphatic rings. The van der Waals surface area contributed by atoms with E-state index in [9.17, 15) is 0 Å². The molecule has 2 nitrogen and oxygen atoms in total. The summed E-state index contributed by atoms with van der Waals surface area (Å²) >= 11 is 0. The van der Waals surface area contributed by atoms with Crippen LogP contribution in [0.2, 0.25) is 0 Å². The van der Waals surface area contributed by atoms with Crippen LogP contribution in [0.25, 0.3) is 0 Å². The molecular weight excluding hydrogens is 196 g/mol. The molecule has 2 fully saturated rings. The quantitative estimate of drug-likeness (QED) is 0.795. The van der Waals surface area contributed by atoms with Crippen molar-refractivity contribution in [3.05, 3.63) is 0 Å². The fourth-order valence-corrected chi connectivity index (χ4v) is 3.87. The molecule has 2 heteroatoms. The van der Waals surface area contributed by atoms with Crippen molar-refractivity contribution in [1.82, 2.24) is 4.90 Å². The fraction of sp³-hybridized carbons (Fsp3) is 1.00. The molecule has 0 aromatic rings. The van der Waals surface area contributed by atoms with Crippen LogP contribution in [0.3, 0.4) is 0 Å². The maximum absolute atomic E-state index is 6.40. The second-order valence-corrected chi connectivity index (χ2v) is 6.28. The predicted molar refractivity (Wildman–Crippen MR) is 69.4 cm³/mol. The Bertz CT molecular complexity index is 225. The van der Waals surface area contributed by atoms with Crippen molar-refractivity contribution >= 4 is 0 Å². The maximum Gasteiger partial charge on any atom is 0.0254 e. The Morgan fingerprint density at radius 1 is 1.25 bits per heavy atom. The Morgan fingerprint density at radius 3 is 2.75 bits per heavy atom. The molecule has 0 amide bonds. The van der Waals surface area contributed by atoms with Crippen molar-refractivity contribution in [1.29, 1.82) is 0 Å². The van der Waals surface area contributed by atoms with E-state index in [0.29, 0.717) is 0 Å². The first-order valence-corrected chi connectivity index (χ1v) is 7.15. The average molecular weight is 224 g/mol. The van der Waals surface area contributed by atoms with Gasteiger partial charge in [0.25, 0.3) is 0 Å². The summed E-state index contributed by atoms with van der Waals surface area (Å²) in [6.45, 7) is 6.87. The summed E-state index contributed by atoms with van der Waals surface area (Å²) in [5.74, 6) is 0.992. The first-order valence-electron chi connectivity index (χ1n) is 7.15. The normalized spacial score (nSPS) is 34.7. The minimum Gasteiger partial charge on any atom is -0.324 e. The summed E-state index contributed by atoms with van der Waals surface area (Å²) in [5.41, 5.74) is 6.43. The van der Waals surface area contributed by atoms with Gasteiger partial charge in [-0.2, -0.15) is 0 Å². The van der Waals surface area contributed by atoms with Gasteiger partial charge in [0.2, 0.25) is 0 Å². The smallest absolute Gasteiger partial charge is 0.0254 e. The Kier molecular flexibility index (Phi) is 3.91. The van der Waals surface area contributed by atoms with Crippen molar-refractivity contribution in [2.24, 2.45) is 11.7 Å². The monoisotopic (exact) mass is 224 g/mol. The third-order valence-corrected chi connectivity index (χ3v) is 4.49. The minimum atomic E-state index is 0.0270. The second kappa shape index (κ2) is 5.05. The number of fused-ring (bicyclic) bond motifs is 1. The third-order valence-electron chi connectivity index (χ3n) is 4.49. The van der Waals surface area contributed by atoms with E-state index < -0.39 is 0 Å². The van der Waals surface area contributed by atoms with Gasteiger partial charge in [-0.3, -0.25) is 4.90 Å². The topological polar surface area (TPSA) is 29.3 Å². The van der Waals surface area contributed by atoms with Gasteiger partial charge in [0.15, 0.2) is 0 Å². The number of hydrogen-bond acceptors (Lipinski definition) is 2. The van der Waals surface area contributed by atoms with Crippen LogP contribution < -0.4 is 5.73 Å². The summed E-state index contributed by atoms with van der Waals surface area (Å²) in [7, 11) is 0. The van der Waals surface area contributed by atoms with E-state index in [4.69, 9.17) is 5.73 Å². The zero-order chi connectivity index (χ0) is 11.6. The Morgan fingerprint density at radius 2 is 2.00 bits per heavy atom. The van der Waals surface area contributed by atoms with Crippen LogP contribution in [0.1, 0.15) is 58.8 Å². The van der Waals surface area contributed by atoms with E-state index in [1.165, 1.54) is 45.1 Å². The molecule has 16 heavy (non-hydrogen) atoms. The van der Waals surface area contributed by atoms with Crippen molar-refractivity contribution in [3.63, 3.8) is 0 Å². The molecule has 1 aliphatic heterocycles. The van der Waals surface area contributed by atoms with E-state index in [1.807, 2.05) is 0 Å². The van der Waals surface area contributed by atoms with Gasteiger partial charge in [-0.05, 0) is 51.5 Å².